The molecule has 2 aromatic carbocycles. The van der Waals surface area contributed by atoms with Crippen molar-refractivity contribution < 1.29 is 4.79 Å². The number of aromatic nitrogens is 1. The molecule has 2 heterocycles. The highest BCUT2D eigenvalue weighted by Crippen LogP contribution is 2.23. The number of piperidine rings is 1. The average molecular weight is 483 g/mol. The van der Waals surface area contributed by atoms with Crippen LogP contribution in [0.25, 0.3) is 10.8 Å². The summed E-state index contributed by atoms with van der Waals surface area (Å²) in [4.78, 5) is 25.4. The highest BCUT2D eigenvalue weighted by molar-refractivity contribution is 6.05. The molecule has 0 saturated carbocycles. The van der Waals surface area contributed by atoms with E-state index in [-0.39, 0.29) is 5.92 Å². The topological polar surface area (TPSA) is 86.8 Å². The van der Waals surface area contributed by atoms with E-state index in [4.69, 9.17) is 5.73 Å². The van der Waals surface area contributed by atoms with Gasteiger partial charge in [-0.05, 0) is 62.6 Å². The number of nitrogens with zero attached hydrogens (tertiary/aromatic N) is 4. The summed E-state index contributed by atoms with van der Waals surface area (Å²) in [6, 6.07) is 15.7. The summed E-state index contributed by atoms with van der Waals surface area (Å²) in [7, 11) is 0. The first-order chi connectivity index (χ1) is 17.6. The van der Waals surface area contributed by atoms with Gasteiger partial charge in [-0.3, -0.25) is 4.98 Å². The maximum Gasteiger partial charge on any atom is 0.347 e. The number of amides is 2. The fourth-order valence-electron chi connectivity index (χ4n) is 4.66. The molecular formula is C29H34N6O. The predicted octanol–water partition coefficient (Wildman–Crippen LogP) is 5.56. The third kappa shape index (κ3) is 6.37. The smallest absolute Gasteiger partial charge is 0.347 e. The van der Waals surface area contributed by atoms with Gasteiger partial charge in [0.1, 0.15) is 5.84 Å². The molecule has 1 aliphatic heterocycles. The summed E-state index contributed by atoms with van der Waals surface area (Å²) in [6.07, 6.45) is 12.2. The first kappa shape index (κ1) is 25.1. The number of nitrogens with two attached hydrogens (primary N) is 1. The number of benzene rings is 2. The highest BCUT2D eigenvalue weighted by Gasteiger charge is 2.23. The third-order valence-corrected chi connectivity index (χ3v) is 6.51. The Labute approximate surface area is 213 Å². The third-order valence-electron chi connectivity index (χ3n) is 6.51. The summed E-state index contributed by atoms with van der Waals surface area (Å²) in [5, 5.41) is 4.76. The molecule has 1 atom stereocenters. The Morgan fingerprint density at radius 2 is 2.17 bits per heavy atom. The number of likely N-dealkylation sites (tertiary alicyclic amines) is 1. The molecule has 1 fully saturated rings. The van der Waals surface area contributed by atoms with E-state index in [0.29, 0.717) is 11.5 Å². The number of hydrogen-bond donors (Lipinski definition) is 2. The zero-order valence-electron chi connectivity index (χ0n) is 20.8. The Bertz CT molecular complexity index is 1260. The van der Waals surface area contributed by atoms with Crippen LogP contribution in [-0.2, 0) is 6.42 Å². The second kappa shape index (κ2) is 12.1. The second-order valence-electron chi connectivity index (χ2n) is 9.00. The molecule has 1 aliphatic rings. The molecule has 4 rings (SSSR count). The molecule has 7 nitrogen and oxygen atoms in total. The molecule has 0 radical (unpaired) electrons. The largest absolute Gasteiger partial charge is 0.387 e. The van der Waals surface area contributed by atoms with Crippen LogP contribution >= 0.6 is 0 Å². The van der Waals surface area contributed by atoms with E-state index in [1.165, 1.54) is 5.56 Å². The molecule has 3 N–H and O–H groups in total. The lowest BCUT2D eigenvalue weighted by Crippen LogP contribution is -2.42. The Morgan fingerprint density at radius 1 is 1.31 bits per heavy atom. The van der Waals surface area contributed by atoms with Crippen LogP contribution in [-0.4, -0.2) is 41.4 Å². The number of urea groups is 1. The molecular weight excluding hydrogens is 448 g/mol. The van der Waals surface area contributed by atoms with Crippen molar-refractivity contribution in [2.45, 2.75) is 26.2 Å². The first-order valence-electron chi connectivity index (χ1n) is 12.4. The maximum atomic E-state index is 12.6. The van der Waals surface area contributed by atoms with Crippen LogP contribution < -0.4 is 16.0 Å². The molecule has 2 amide bonds. The van der Waals surface area contributed by atoms with Crippen LogP contribution in [0.3, 0.4) is 0 Å². The molecule has 0 bridgehead atoms. The zero-order valence-corrected chi connectivity index (χ0v) is 20.8. The lowest BCUT2D eigenvalue weighted by atomic mass is 9.96. The van der Waals surface area contributed by atoms with Gasteiger partial charge in [0.05, 0.1) is 5.69 Å². The molecule has 3 aromatic rings. The van der Waals surface area contributed by atoms with E-state index in [1.54, 1.807) is 12.4 Å². The van der Waals surface area contributed by atoms with Gasteiger partial charge in [-0.25, -0.2) is 4.79 Å². The molecule has 0 aliphatic carbocycles. The van der Waals surface area contributed by atoms with Crippen LogP contribution in [0.2, 0.25) is 0 Å². The van der Waals surface area contributed by atoms with Crippen molar-refractivity contribution in [3.63, 3.8) is 0 Å². The Balaban J connectivity index is 1.35. The molecule has 7 heteroatoms. The minimum atomic E-state index is -0.446. The van der Waals surface area contributed by atoms with Crippen molar-refractivity contribution in [2.75, 3.05) is 29.9 Å². The normalized spacial score (nSPS) is 16.8. The molecule has 1 unspecified atom stereocenters. The van der Waals surface area contributed by atoms with E-state index >= 15 is 0 Å². The second-order valence-corrected chi connectivity index (χ2v) is 9.00. The quantitative estimate of drug-likeness (QED) is 0.324. The van der Waals surface area contributed by atoms with Gasteiger partial charge in [-0.1, -0.05) is 36.9 Å². The summed E-state index contributed by atoms with van der Waals surface area (Å²) >= 11 is 0. The van der Waals surface area contributed by atoms with Crippen molar-refractivity contribution in [1.29, 1.82) is 0 Å². The van der Waals surface area contributed by atoms with Crippen molar-refractivity contribution in [1.82, 2.24) is 9.88 Å². The van der Waals surface area contributed by atoms with E-state index in [1.807, 2.05) is 54.6 Å². The molecule has 0 spiro atoms. The van der Waals surface area contributed by atoms with Gasteiger partial charge >= 0.3 is 6.03 Å². The van der Waals surface area contributed by atoms with Gasteiger partial charge in [0.2, 0.25) is 0 Å². The molecule has 186 valence electrons. The standard InChI is InChI=1S/C29H34N6O/c1-3-16-35(4-2)25-11-5-8-22(19-25)14-18-34-17-7-10-24(21-34)28(30)33-29(36)32-27-12-6-9-23-20-31-15-13-26(23)27/h3-6,8-9,11-13,15-16,19-20,24H,2,7,10,14,17-18,21H2,1H3,(H3,30,32,33,36)/b16-3-. The highest BCUT2D eigenvalue weighted by atomic mass is 16.2. The SMILES string of the molecule is C=CN(/C=C\C)c1cccc(CCN2CCCC(/C(N)=N/C(=O)Nc3cccc4cnccc34)C2)c1. The number of carbonyl (C=O) groups excluding carboxylic acids is 1. The fraction of sp³-hybridized carbons (Fsp3) is 0.276. The van der Waals surface area contributed by atoms with E-state index in [0.717, 1.165) is 55.4 Å². The Morgan fingerprint density at radius 3 is 3.00 bits per heavy atom. The van der Waals surface area contributed by atoms with E-state index in [9.17, 15) is 4.79 Å². The van der Waals surface area contributed by atoms with Gasteiger partial charge in [-0.15, -0.1) is 0 Å². The number of fused-ring (bicyclic) bond motifs is 1. The lowest BCUT2D eigenvalue weighted by molar-refractivity contribution is 0.206. The maximum absolute atomic E-state index is 12.6. The van der Waals surface area contributed by atoms with Gasteiger partial charge in [0.15, 0.2) is 0 Å². The van der Waals surface area contributed by atoms with Crippen molar-refractivity contribution >= 4 is 34.0 Å². The lowest BCUT2D eigenvalue weighted by Gasteiger charge is -2.32. The number of anilines is 2. The number of carbonyl (C=O) groups is 1. The van der Waals surface area contributed by atoms with E-state index < -0.39 is 6.03 Å². The van der Waals surface area contributed by atoms with Crippen molar-refractivity contribution in [3.05, 3.63) is 91.5 Å². The minimum absolute atomic E-state index is 0.0681. The zero-order chi connectivity index (χ0) is 25.3. The van der Waals surface area contributed by atoms with Crippen LogP contribution in [0.1, 0.15) is 25.3 Å². The number of pyridine rings is 1. The van der Waals surface area contributed by atoms with Crippen LogP contribution in [0.5, 0.6) is 0 Å². The number of hydrogen-bond acceptors (Lipinski definition) is 4. The van der Waals surface area contributed by atoms with Crippen LogP contribution in [0, 0.1) is 5.92 Å². The van der Waals surface area contributed by atoms with Gasteiger partial charge in [0.25, 0.3) is 0 Å². The summed E-state index contributed by atoms with van der Waals surface area (Å²) < 4.78 is 0. The van der Waals surface area contributed by atoms with Gasteiger partial charge < -0.3 is 20.9 Å². The number of nitrogens with one attached hydrogen (secondary N) is 1. The van der Waals surface area contributed by atoms with Crippen molar-refractivity contribution in [2.24, 2.45) is 16.6 Å². The monoisotopic (exact) mass is 482 g/mol. The Hall–Kier alpha value is -3.97. The number of aliphatic imine (C=N–C) groups is 1. The number of rotatable bonds is 8. The minimum Gasteiger partial charge on any atom is -0.387 e. The number of amidine groups is 1. The van der Waals surface area contributed by atoms with Crippen molar-refractivity contribution in [3.8, 4) is 0 Å². The van der Waals surface area contributed by atoms with Gasteiger partial charge in [-0.2, -0.15) is 4.99 Å². The van der Waals surface area contributed by atoms with Crippen LogP contribution in [0.4, 0.5) is 16.2 Å². The molecule has 1 aromatic heterocycles. The molecule has 36 heavy (non-hydrogen) atoms. The van der Waals surface area contributed by atoms with E-state index in [2.05, 4.69) is 51.0 Å². The molecule has 1 saturated heterocycles. The average Bonchev–Trinajstić information content (AvgIpc) is 2.91. The predicted molar refractivity (Wildman–Crippen MR) is 149 cm³/mol. The Kier molecular flexibility index (Phi) is 8.47. The first-order valence-corrected chi connectivity index (χ1v) is 12.4. The fourth-order valence-corrected chi connectivity index (χ4v) is 4.66. The summed E-state index contributed by atoms with van der Waals surface area (Å²) in [6.45, 7) is 8.65. The van der Waals surface area contributed by atoms with Gasteiger partial charge in [0, 0.05) is 60.3 Å². The van der Waals surface area contributed by atoms with Crippen LogP contribution in [0.15, 0.2) is 91.0 Å². The summed E-state index contributed by atoms with van der Waals surface area (Å²) in [5.41, 5.74) is 9.39. The number of allylic oxidation sites excluding steroid dienone is 1. The summed E-state index contributed by atoms with van der Waals surface area (Å²) in [5.74, 6) is 0.465.